The second kappa shape index (κ2) is 5.23. The van der Waals surface area contributed by atoms with E-state index in [2.05, 4.69) is 44.1 Å². The number of benzene rings is 1. The van der Waals surface area contributed by atoms with Gasteiger partial charge < -0.3 is 5.32 Å². The lowest BCUT2D eigenvalue weighted by Crippen LogP contribution is -2.24. The van der Waals surface area contributed by atoms with Crippen LogP contribution in [0.1, 0.15) is 11.3 Å². The lowest BCUT2D eigenvalue weighted by molar-refractivity contribution is 0.630. The molecule has 3 heterocycles. The Bertz CT molecular complexity index is 736. The molecule has 20 heavy (non-hydrogen) atoms. The molecule has 0 bridgehead atoms. The fourth-order valence-electron chi connectivity index (χ4n) is 2.91. The SMILES string of the molecule is Cl.c1ccc2c(c1)c1c(n2-c2cnccn2)CCNC1. The Hall–Kier alpha value is -1.91. The van der Waals surface area contributed by atoms with Crippen LogP contribution in [-0.4, -0.2) is 21.1 Å². The minimum atomic E-state index is 0. The van der Waals surface area contributed by atoms with Crippen LogP contribution in [0.3, 0.4) is 0 Å². The summed E-state index contributed by atoms with van der Waals surface area (Å²) in [5.41, 5.74) is 3.98. The van der Waals surface area contributed by atoms with E-state index in [4.69, 9.17) is 0 Å². The molecular weight excluding hydrogens is 272 g/mol. The minimum absolute atomic E-state index is 0. The van der Waals surface area contributed by atoms with Gasteiger partial charge in [-0.2, -0.15) is 0 Å². The standard InChI is InChI=1S/C15H14N4.ClH/c1-2-4-13-11(3-1)12-9-16-6-5-14(12)19(13)15-10-17-7-8-18-15;/h1-4,7-8,10,16H,5-6,9H2;1H. The van der Waals surface area contributed by atoms with E-state index in [1.54, 1.807) is 12.4 Å². The second-order valence-electron chi connectivity index (χ2n) is 4.77. The highest BCUT2D eigenvalue weighted by molar-refractivity contribution is 5.87. The summed E-state index contributed by atoms with van der Waals surface area (Å²) in [5, 5.41) is 4.76. The normalized spacial score (nSPS) is 13.8. The molecule has 0 atom stereocenters. The Morgan fingerprint density at radius 2 is 2.05 bits per heavy atom. The van der Waals surface area contributed by atoms with Crippen molar-refractivity contribution < 1.29 is 0 Å². The smallest absolute Gasteiger partial charge is 0.155 e. The van der Waals surface area contributed by atoms with Gasteiger partial charge in [0.2, 0.25) is 0 Å². The summed E-state index contributed by atoms with van der Waals surface area (Å²) in [5.74, 6) is 0.904. The van der Waals surface area contributed by atoms with Crippen LogP contribution in [0.25, 0.3) is 16.7 Å². The van der Waals surface area contributed by atoms with Gasteiger partial charge in [-0.3, -0.25) is 9.55 Å². The molecule has 1 aliphatic rings. The van der Waals surface area contributed by atoms with E-state index in [0.717, 1.165) is 25.3 Å². The minimum Gasteiger partial charge on any atom is -0.312 e. The van der Waals surface area contributed by atoms with Gasteiger partial charge in [0, 0.05) is 43.0 Å². The number of hydrogen-bond donors (Lipinski definition) is 1. The van der Waals surface area contributed by atoms with Gasteiger partial charge >= 0.3 is 0 Å². The molecule has 0 fully saturated rings. The lowest BCUT2D eigenvalue weighted by atomic mass is 10.1. The van der Waals surface area contributed by atoms with Crippen LogP contribution in [0.5, 0.6) is 0 Å². The highest BCUT2D eigenvalue weighted by Crippen LogP contribution is 2.30. The molecule has 0 amide bonds. The van der Waals surface area contributed by atoms with Crippen LogP contribution in [0.2, 0.25) is 0 Å². The third-order valence-electron chi connectivity index (χ3n) is 3.71. The Morgan fingerprint density at radius 1 is 1.15 bits per heavy atom. The van der Waals surface area contributed by atoms with E-state index in [1.807, 2.05) is 6.20 Å². The molecule has 0 spiro atoms. The third-order valence-corrected chi connectivity index (χ3v) is 3.71. The average Bonchev–Trinajstić information content (AvgIpc) is 2.83. The zero-order chi connectivity index (χ0) is 12.7. The number of para-hydroxylation sites is 1. The van der Waals surface area contributed by atoms with E-state index in [0.29, 0.717) is 0 Å². The number of nitrogens with one attached hydrogen (secondary N) is 1. The topological polar surface area (TPSA) is 42.7 Å². The molecule has 0 unspecified atom stereocenters. The Labute approximate surface area is 123 Å². The predicted molar refractivity (Wildman–Crippen MR) is 81.5 cm³/mol. The van der Waals surface area contributed by atoms with Crippen molar-refractivity contribution in [3.8, 4) is 5.82 Å². The first-order valence-electron chi connectivity index (χ1n) is 6.53. The maximum atomic E-state index is 4.46. The van der Waals surface area contributed by atoms with Crippen molar-refractivity contribution in [2.75, 3.05) is 6.54 Å². The molecule has 5 heteroatoms. The van der Waals surface area contributed by atoms with Gasteiger partial charge in [0.15, 0.2) is 5.82 Å². The van der Waals surface area contributed by atoms with Crippen molar-refractivity contribution >= 4 is 23.3 Å². The first kappa shape index (κ1) is 13.1. The Kier molecular flexibility index (Phi) is 3.42. The van der Waals surface area contributed by atoms with Crippen molar-refractivity contribution in [2.24, 2.45) is 0 Å². The van der Waals surface area contributed by atoms with Crippen molar-refractivity contribution in [3.63, 3.8) is 0 Å². The summed E-state index contributed by atoms with van der Waals surface area (Å²) in [4.78, 5) is 8.66. The van der Waals surface area contributed by atoms with Crippen molar-refractivity contribution in [2.45, 2.75) is 13.0 Å². The molecule has 0 saturated carbocycles. The lowest BCUT2D eigenvalue weighted by Gasteiger charge is -2.16. The van der Waals surface area contributed by atoms with Crippen LogP contribution in [0, 0.1) is 0 Å². The molecule has 4 nitrogen and oxygen atoms in total. The Balaban J connectivity index is 0.00000121. The molecule has 0 radical (unpaired) electrons. The van der Waals surface area contributed by atoms with Crippen molar-refractivity contribution in [1.29, 1.82) is 0 Å². The van der Waals surface area contributed by atoms with Crippen LogP contribution < -0.4 is 5.32 Å². The van der Waals surface area contributed by atoms with E-state index in [1.165, 1.54) is 22.2 Å². The highest BCUT2D eigenvalue weighted by Gasteiger charge is 2.20. The summed E-state index contributed by atoms with van der Waals surface area (Å²) in [7, 11) is 0. The van der Waals surface area contributed by atoms with Crippen LogP contribution >= 0.6 is 12.4 Å². The zero-order valence-corrected chi connectivity index (χ0v) is 11.7. The number of halogens is 1. The van der Waals surface area contributed by atoms with Gasteiger partial charge in [0.25, 0.3) is 0 Å². The van der Waals surface area contributed by atoms with Crippen molar-refractivity contribution in [1.82, 2.24) is 19.9 Å². The summed E-state index contributed by atoms with van der Waals surface area (Å²) in [6, 6.07) is 8.52. The maximum absolute atomic E-state index is 4.46. The Morgan fingerprint density at radius 3 is 2.90 bits per heavy atom. The molecule has 1 aliphatic heterocycles. The van der Waals surface area contributed by atoms with Gasteiger partial charge in [-0.1, -0.05) is 18.2 Å². The van der Waals surface area contributed by atoms with Crippen LogP contribution in [0.15, 0.2) is 42.9 Å². The molecule has 0 saturated heterocycles. The maximum Gasteiger partial charge on any atom is 0.155 e. The molecule has 1 N–H and O–H groups in total. The van der Waals surface area contributed by atoms with Gasteiger partial charge in [0.05, 0.1) is 11.7 Å². The summed E-state index contributed by atoms with van der Waals surface area (Å²) < 4.78 is 2.25. The van der Waals surface area contributed by atoms with Gasteiger partial charge in [-0.05, 0) is 11.6 Å². The average molecular weight is 287 g/mol. The van der Waals surface area contributed by atoms with E-state index < -0.39 is 0 Å². The summed E-state index contributed by atoms with van der Waals surface area (Å²) in [6.45, 7) is 1.95. The molecular formula is C15H15ClN4. The highest BCUT2D eigenvalue weighted by atomic mass is 35.5. The fourth-order valence-corrected chi connectivity index (χ4v) is 2.91. The van der Waals surface area contributed by atoms with E-state index >= 15 is 0 Å². The second-order valence-corrected chi connectivity index (χ2v) is 4.77. The molecule has 1 aromatic carbocycles. The van der Waals surface area contributed by atoms with E-state index in [9.17, 15) is 0 Å². The molecule has 2 aromatic heterocycles. The monoisotopic (exact) mass is 286 g/mol. The number of nitrogens with zero attached hydrogens (tertiary/aromatic N) is 3. The number of fused-ring (bicyclic) bond motifs is 3. The third kappa shape index (κ3) is 1.88. The number of aromatic nitrogens is 3. The van der Waals surface area contributed by atoms with Crippen molar-refractivity contribution in [3.05, 3.63) is 54.1 Å². The van der Waals surface area contributed by atoms with Gasteiger partial charge in [-0.25, -0.2) is 4.98 Å². The van der Waals surface area contributed by atoms with Crippen LogP contribution in [-0.2, 0) is 13.0 Å². The fraction of sp³-hybridized carbons (Fsp3) is 0.200. The first-order chi connectivity index (χ1) is 9.45. The predicted octanol–water partition coefficient (Wildman–Crippen LogP) is 2.49. The van der Waals surface area contributed by atoms with E-state index in [-0.39, 0.29) is 12.4 Å². The largest absolute Gasteiger partial charge is 0.312 e. The van der Waals surface area contributed by atoms with Crippen LogP contribution in [0.4, 0.5) is 0 Å². The van der Waals surface area contributed by atoms with Gasteiger partial charge in [-0.15, -0.1) is 12.4 Å². The number of rotatable bonds is 1. The molecule has 102 valence electrons. The summed E-state index contributed by atoms with van der Waals surface area (Å²) >= 11 is 0. The molecule has 3 aromatic rings. The van der Waals surface area contributed by atoms with Gasteiger partial charge in [0.1, 0.15) is 0 Å². The zero-order valence-electron chi connectivity index (χ0n) is 10.9. The molecule has 0 aliphatic carbocycles. The summed E-state index contributed by atoms with van der Waals surface area (Å²) in [6.07, 6.45) is 6.32. The molecule has 4 rings (SSSR count). The first-order valence-corrected chi connectivity index (χ1v) is 6.53. The number of hydrogen-bond acceptors (Lipinski definition) is 3. The quantitative estimate of drug-likeness (QED) is 0.747.